The van der Waals surface area contributed by atoms with E-state index >= 15 is 0 Å². The number of thiophene rings is 1. The Morgan fingerprint density at radius 1 is 1.48 bits per heavy atom. The molecular weight excluding hydrogens is 286 g/mol. The van der Waals surface area contributed by atoms with Gasteiger partial charge in [-0.05, 0) is 37.1 Å². The summed E-state index contributed by atoms with van der Waals surface area (Å²) >= 11 is 1.40. The van der Waals surface area contributed by atoms with E-state index in [-0.39, 0.29) is 17.9 Å². The van der Waals surface area contributed by atoms with Gasteiger partial charge >= 0.3 is 0 Å². The van der Waals surface area contributed by atoms with Crippen molar-refractivity contribution in [2.24, 2.45) is 11.7 Å². The standard InChI is InChI=1S/C15H23N3O2S/c1-11(16)12-5-8-18(9-6-12)14(19)4-7-17-15(20)13-3-2-10-21-13/h2-3,10-12H,4-9,16H2,1H3,(H,17,20). The lowest BCUT2D eigenvalue weighted by molar-refractivity contribution is -0.132. The average molecular weight is 309 g/mol. The summed E-state index contributed by atoms with van der Waals surface area (Å²) in [7, 11) is 0. The molecule has 2 amide bonds. The largest absolute Gasteiger partial charge is 0.351 e. The van der Waals surface area contributed by atoms with Crippen molar-refractivity contribution in [1.29, 1.82) is 0 Å². The number of likely N-dealkylation sites (tertiary alicyclic amines) is 1. The van der Waals surface area contributed by atoms with Gasteiger partial charge in [0, 0.05) is 32.1 Å². The van der Waals surface area contributed by atoms with Gasteiger partial charge in [0.15, 0.2) is 0 Å². The van der Waals surface area contributed by atoms with Gasteiger partial charge in [-0.15, -0.1) is 11.3 Å². The SMILES string of the molecule is CC(N)C1CCN(C(=O)CCNC(=O)c2cccs2)CC1. The number of piperidine rings is 1. The zero-order valence-electron chi connectivity index (χ0n) is 12.4. The van der Waals surface area contributed by atoms with Gasteiger partial charge in [0.25, 0.3) is 5.91 Å². The maximum Gasteiger partial charge on any atom is 0.261 e. The highest BCUT2D eigenvalue weighted by Crippen LogP contribution is 2.19. The third kappa shape index (κ3) is 4.54. The Labute approximate surface area is 129 Å². The molecule has 6 heteroatoms. The summed E-state index contributed by atoms with van der Waals surface area (Å²) in [6.07, 6.45) is 2.32. The van der Waals surface area contributed by atoms with E-state index in [2.05, 4.69) is 5.32 Å². The zero-order valence-corrected chi connectivity index (χ0v) is 13.2. The van der Waals surface area contributed by atoms with Crippen LogP contribution in [0.3, 0.4) is 0 Å². The molecule has 0 aliphatic carbocycles. The highest BCUT2D eigenvalue weighted by Gasteiger charge is 2.24. The number of nitrogens with one attached hydrogen (secondary N) is 1. The number of hydrogen-bond acceptors (Lipinski definition) is 4. The highest BCUT2D eigenvalue weighted by atomic mass is 32.1. The summed E-state index contributed by atoms with van der Waals surface area (Å²) in [6.45, 7) is 3.98. The van der Waals surface area contributed by atoms with Crippen LogP contribution in [0.5, 0.6) is 0 Å². The number of hydrogen-bond donors (Lipinski definition) is 2. The van der Waals surface area contributed by atoms with Crippen molar-refractivity contribution in [3.8, 4) is 0 Å². The first-order valence-corrected chi connectivity index (χ1v) is 8.31. The molecule has 1 aliphatic rings. The Morgan fingerprint density at radius 2 is 2.19 bits per heavy atom. The van der Waals surface area contributed by atoms with Crippen LogP contribution in [0.4, 0.5) is 0 Å². The molecule has 2 rings (SSSR count). The molecule has 1 atom stereocenters. The van der Waals surface area contributed by atoms with E-state index < -0.39 is 0 Å². The molecule has 1 aliphatic heterocycles. The Kier molecular flexibility index (Phi) is 5.76. The van der Waals surface area contributed by atoms with Crippen LogP contribution in [0, 0.1) is 5.92 Å². The summed E-state index contributed by atoms with van der Waals surface area (Å²) < 4.78 is 0. The molecule has 0 radical (unpaired) electrons. The first-order valence-electron chi connectivity index (χ1n) is 7.43. The molecule has 1 aromatic heterocycles. The maximum atomic E-state index is 12.1. The number of carbonyl (C=O) groups excluding carboxylic acids is 2. The van der Waals surface area contributed by atoms with Crippen LogP contribution in [0.25, 0.3) is 0 Å². The van der Waals surface area contributed by atoms with Crippen molar-refractivity contribution in [2.45, 2.75) is 32.2 Å². The van der Waals surface area contributed by atoms with Gasteiger partial charge in [0.2, 0.25) is 5.91 Å². The Bertz CT molecular complexity index is 465. The minimum atomic E-state index is -0.103. The summed E-state index contributed by atoms with van der Waals surface area (Å²) in [6, 6.07) is 3.82. The fourth-order valence-electron chi connectivity index (χ4n) is 2.61. The second-order valence-corrected chi connectivity index (χ2v) is 6.51. The molecule has 1 fully saturated rings. The molecule has 21 heavy (non-hydrogen) atoms. The Hall–Kier alpha value is -1.40. The predicted molar refractivity (Wildman–Crippen MR) is 84.2 cm³/mol. The van der Waals surface area contributed by atoms with Crippen LogP contribution in [0.15, 0.2) is 17.5 Å². The van der Waals surface area contributed by atoms with Crippen molar-refractivity contribution in [2.75, 3.05) is 19.6 Å². The van der Waals surface area contributed by atoms with Crippen molar-refractivity contribution < 1.29 is 9.59 Å². The molecule has 0 spiro atoms. The second kappa shape index (κ2) is 7.56. The van der Waals surface area contributed by atoms with Crippen molar-refractivity contribution in [3.63, 3.8) is 0 Å². The van der Waals surface area contributed by atoms with E-state index in [4.69, 9.17) is 5.73 Å². The monoisotopic (exact) mass is 309 g/mol. The molecule has 116 valence electrons. The van der Waals surface area contributed by atoms with Crippen LogP contribution >= 0.6 is 11.3 Å². The quantitative estimate of drug-likeness (QED) is 0.864. The first-order chi connectivity index (χ1) is 10.1. The van der Waals surface area contributed by atoms with Crippen LogP contribution in [0.2, 0.25) is 0 Å². The van der Waals surface area contributed by atoms with Gasteiger partial charge in [-0.2, -0.15) is 0 Å². The van der Waals surface area contributed by atoms with Gasteiger partial charge < -0.3 is 16.0 Å². The maximum absolute atomic E-state index is 12.1. The van der Waals surface area contributed by atoms with E-state index in [9.17, 15) is 9.59 Å². The van der Waals surface area contributed by atoms with Crippen LogP contribution in [-0.2, 0) is 4.79 Å². The summed E-state index contributed by atoms with van der Waals surface area (Å²) in [5, 5.41) is 4.65. The fraction of sp³-hybridized carbons (Fsp3) is 0.600. The lowest BCUT2D eigenvalue weighted by Gasteiger charge is -2.33. The minimum Gasteiger partial charge on any atom is -0.351 e. The lowest BCUT2D eigenvalue weighted by Crippen LogP contribution is -2.43. The van der Waals surface area contributed by atoms with Crippen LogP contribution in [-0.4, -0.2) is 42.4 Å². The summed E-state index contributed by atoms with van der Waals surface area (Å²) in [4.78, 5) is 26.4. The van der Waals surface area contributed by atoms with Crippen LogP contribution < -0.4 is 11.1 Å². The number of amides is 2. The topological polar surface area (TPSA) is 75.4 Å². The van der Waals surface area contributed by atoms with Gasteiger partial charge in [-0.25, -0.2) is 0 Å². The van der Waals surface area contributed by atoms with Crippen LogP contribution in [0.1, 0.15) is 35.9 Å². The number of carbonyl (C=O) groups is 2. The predicted octanol–water partition coefficient (Wildman–Crippen LogP) is 1.45. The minimum absolute atomic E-state index is 0.103. The molecule has 2 heterocycles. The van der Waals surface area contributed by atoms with E-state index in [1.165, 1.54) is 11.3 Å². The molecule has 1 saturated heterocycles. The molecule has 0 aromatic carbocycles. The van der Waals surface area contributed by atoms with Crippen molar-refractivity contribution in [3.05, 3.63) is 22.4 Å². The van der Waals surface area contributed by atoms with E-state index in [0.717, 1.165) is 25.9 Å². The molecule has 0 bridgehead atoms. The fourth-order valence-corrected chi connectivity index (χ4v) is 3.25. The Morgan fingerprint density at radius 3 is 2.76 bits per heavy atom. The molecule has 1 unspecified atom stereocenters. The highest BCUT2D eigenvalue weighted by molar-refractivity contribution is 7.12. The molecular formula is C15H23N3O2S. The van der Waals surface area contributed by atoms with Gasteiger partial charge in [0.1, 0.15) is 0 Å². The normalized spacial score (nSPS) is 17.5. The van der Waals surface area contributed by atoms with Gasteiger partial charge in [-0.3, -0.25) is 9.59 Å². The average Bonchev–Trinajstić information content (AvgIpc) is 3.01. The molecule has 1 aromatic rings. The van der Waals surface area contributed by atoms with E-state index in [0.29, 0.717) is 23.8 Å². The first kappa shape index (κ1) is 16.0. The Balaban J connectivity index is 1.67. The molecule has 5 nitrogen and oxygen atoms in total. The van der Waals surface area contributed by atoms with E-state index in [1.54, 1.807) is 6.07 Å². The summed E-state index contributed by atoms with van der Waals surface area (Å²) in [5.41, 5.74) is 5.90. The molecule has 0 saturated carbocycles. The number of nitrogens with zero attached hydrogens (tertiary/aromatic N) is 1. The van der Waals surface area contributed by atoms with Crippen molar-refractivity contribution in [1.82, 2.24) is 10.2 Å². The number of nitrogens with two attached hydrogens (primary N) is 1. The zero-order chi connectivity index (χ0) is 15.2. The third-order valence-electron chi connectivity index (χ3n) is 4.01. The molecule has 3 N–H and O–H groups in total. The third-order valence-corrected chi connectivity index (χ3v) is 4.87. The lowest BCUT2D eigenvalue weighted by atomic mass is 9.91. The number of rotatable bonds is 5. The van der Waals surface area contributed by atoms with Gasteiger partial charge in [-0.1, -0.05) is 6.07 Å². The smallest absolute Gasteiger partial charge is 0.261 e. The second-order valence-electron chi connectivity index (χ2n) is 5.56. The summed E-state index contributed by atoms with van der Waals surface area (Å²) in [5.74, 6) is 0.533. The van der Waals surface area contributed by atoms with Gasteiger partial charge in [0.05, 0.1) is 4.88 Å². The van der Waals surface area contributed by atoms with E-state index in [1.807, 2.05) is 23.3 Å². The van der Waals surface area contributed by atoms with Crippen molar-refractivity contribution >= 4 is 23.2 Å².